The molecule has 5 aromatic rings. The maximum absolute atomic E-state index is 13.5. The maximum atomic E-state index is 13.5. The van der Waals surface area contributed by atoms with Gasteiger partial charge in [-0.15, -0.1) is 0 Å². The molecule has 0 N–H and O–H groups in total. The van der Waals surface area contributed by atoms with Crippen molar-refractivity contribution in [1.29, 1.82) is 0 Å². The third-order valence-corrected chi connectivity index (χ3v) is 7.15. The van der Waals surface area contributed by atoms with E-state index in [0.717, 1.165) is 59.1 Å². The fourth-order valence-corrected chi connectivity index (χ4v) is 5.29. The lowest BCUT2D eigenvalue weighted by molar-refractivity contribution is 0.416. The van der Waals surface area contributed by atoms with Crippen molar-refractivity contribution in [2.24, 2.45) is 5.10 Å². The monoisotopic (exact) mass is 478 g/mol. The van der Waals surface area contributed by atoms with E-state index in [4.69, 9.17) is 10.1 Å². The van der Waals surface area contributed by atoms with Crippen molar-refractivity contribution in [2.75, 3.05) is 0 Å². The Balaban J connectivity index is 1.44. The van der Waals surface area contributed by atoms with Crippen LogP contribution in [0.3, 0.4) is 0 Å². The highest BCUT2D eigenvalue weighted by molar-refractivity contribution is 5.99. The average molecular weight is 479 g/mol. The minimum Gasteiger partial charge on any atom is -0.342 e. The van der Waals surface area contributed by atoms with Gasteiger partial charge in [-0.3, -0.25) is 4.79 Å². The topological polar surface area (TPSA) is 52.2 Å². The van der Waals surface area contributed by atoms with Crippen LogP contribution in [0.2, 0.25) is 0 Å². The molecular formula is C30H27FN4O. The second-order valence-electron chi connectivity index (χ2n) is 9.54. The van der Waals surface area contributed by atoms with Crippen molar-refractivity contribution in [3.8, 4) is 0 Å². The van der Waals surface area contributed by atoms with E-state index in [1.807, 2.05) is 42.6 Å². The van der Waals surface area contributed by atoms with E-state index in [1.165, 1.54) is 23.2 Å². The van der Waals surface area contributed by atoms with E-state index >= 15 is 0 Å². The van der Waals surface area contributed by atoms with Crippen LogP contribution in [0.4, 0.5) is 4.39 Å². The first-order valence-electron chi connectivity index (χ1n) is 12.6. The van der Waals surface area contributed by atoms with Gasteiger partial charge in [-0.2, -0.15) is 9.78 Å². The van der Waals surface area contributed by atoms with Gasteiger partial charge in [0.05, 0.1) is 17.1 Å². The molecule has 5 nitrogen and oxygen atoms in total. The molecule has 0 amide bonds. The first-order valence-corrected chi connectivity index (χ1v) is 12.6. The van der Waals surface area contributed by atoms with Crippen molar-refractivity contribution in [3.63, 3.8) is 0 Å². The lowest BCUT2D eigenvalue weighted by atomic mass is 9.88. The maximum Gasteiger partial charge on any atom is 0.282 e. The van der Waals surface area contributed by atoms with E-state index in [1.54, 1.807) is 18.3 Å². The quantitative estimate of drug-likeness (QED) is 0.272. The number of fused-ring (bicyclic) bond motifs is 2. The normalized spacial score (nSPS) is 14.8. The van der Waals surface area contributed by atoms with E-state index in [9.17, 15) is 9.18 Å². The Kier molecular flexibility index (Phi) is 5.93. The summed E-state index contributed by atoms with van der Waals surface area (Å²) in [5.74, 6) is 0.741. The SMILES string of the molecule is O=c1c2ccccc2nc(C2CCCCC2)n1N=Cc1cn(Cc2ccc(F)cc2)c2ccccc12. The molecule has 1 fully saturated rings. The molecule has 0 radical (unpaired) electrons. The van der Waals surface area contributed by atoms with Gasteiger partial charge in [0.15, 0.2) is 0 Å². The number of aromatic nitrogens is 3. The molecule has 6 rings (SSSR count). The van der Waals surface area contributed by atoms with Crippen molar-refractivity contribution in [1.82, 2.24) is 14.2 Å². The number of hydrogen-bond acceptors (Lipinski definition) is 3. The third-order valence-electron chi connectivity index (χ3n) is 7.15. The van der Waals surface area contributed by atoms with E-state index < -0.39 is 0 Å². The number of rotatable bonds is 5. The van der Waals surface area contributed by atoms with Crippen molar-refractivity contribution in [2.45, 2.75) is 44.6 Å². The van der Waals surface area contributed by atoms with Crippen LogP contribution in [0.1, 0.15) is 55.0 Å². The molecular weight excluding hydrogens is 451 g/mol. The number of nitrogens with zero attached hydrogens (tertiary/aromatic N) is 4. The molecule has 6 heteroatoms. The number of para-hydroxylation sites is 2. The minimum atomic E-state index is -0.243. The van der Waals surface area contributed by atoms with Crippen LogP contribution in [0, 0.1) is 5.82 Å². The van der Waals surface area contributed by atoms with E-state index in [2.05, 4.69) is 16.7 Å². The summed E-state index contributed by atoms with van der Waals surface area (Å²) in [6.07, 6.45) is 9.38. The zero-order valence-corrected chi connectivity index (χ0v) is 20.0. The lowest BCUT2D eigenvalue weighted by Gasteiger charge is -2.22. The minimum absolute atomic E-state index is 0.132. The molecule has 0 spiro atoms. The molecule has 0 bridgehead atoms. The van der Waals surface area contributed by atoms with Crippen LogP contribution < -0.4 is 5.56 Å². The van der Waals surface area contributed by atoms with Gasteiger partial charge in [0.25, 0.3) is 5.56 Å². The Morgan fingerprint density at radius 3 is 2.44 bits per heavy atom. The Labute approximate surface area is 208 Å². The van der Waals surface area contributed by atoms with Crippen LogP contribution in [0.25, 0.3) is 21.8 Å². The van der Waals surface area contributed by atoms with E-state index in [0.29, 0.717) is 11.9 Å². The standard InChI is InChI=1S/C30H27FN4O/c31-24-16-14-21(15-17-24)19-34-20-23(25-10-5-7-13-28(25)34)18-32-35-29(22-8-2-1-3-9-22)33-27-12-6-4-11-26(27)30(35)36/h4-7,10-18,20,22H,1-3,8-9,19H2. The average Bonchev–Trinajstić information content (AvgIpc) is 3.27. The molecule has 2 heterocycles. The summed E-state index contributed by atoms with van der Waals surface area (Å²) in [6.45, 7) is 0.611. The highest BCUT2D eigenvalue weighted by Gasteiger charge is 2.22. The summed E-state index contributed by atoms with van der Waals surface area (Å²) in [4.78, 5) is 18.4. The molecule has 3 aromatic carbocycles. The fraction of sp³-hybridized carbons (Fsp3) is 0.233. The van der Waals surface area contributed by atoms with Crippen molar-refractivity contribution < 1.29 is 4.39 Å². The first kappa shape index (κ1) is 22.4. The van der Waals surface area contributed by atoms with Crippen LogP contribution in [-0.4, -0.2) is 20.4 Å². The van der Waals surface area contributed by atoms with Gasteiger partial charge >= 0.3 is 0 Å². The van der Waals surface area contributed by atoms with Crippen LogP contribution in [0.5, 0.6) is 0 Å². The fourth-order valence-electron chi connectivity index (χ4n) is 5.29. The molecule has 1 aliphatic carbocycles. The second kappa shape index (κ2) is 9.53. The van der Waals surface area contributed by atoms with Crippen molar-refractivity contribution in [3.05, 3.63) is 112 Å². The smallest absolute Gasteiger partial charge is 0.282 e. The summed E-state index contributed by atoms with van der Waals surface area (Å²) in [5, 5.41) is 6.36. The highest BCUT2D eigenvalue weighted by atomic mass is 19.1. The van der Waals surface area contributed by atoms with Gasteiger partial charge in [0, 0.05) is 35.1 Å². The number of halogens is 1. The largest absolute Gasteiger partial charge is 0.342 e. The van der Waals surface area contributed by atoms with Gasteiger partial charge in [-0.05, 0) is 48.7 Å². The zero-order chi connectivity index (χ0) is 24.5. The molecule has 0 saturated heterocycles. The summed E-state index contributed by atoms with van der Waals surface area (Å²) in [5.41, 5.74) is 3.58. The molecule has 1 saturated carbocycles. The predicted molar refractivity (Wildman–Crippen MR) is 142 cm³/mol. The number of benzene rings is 3. The number of hydrogen-bond donors (Lipinski definition) is 0. The zero-order valence-electron chi connectivity index (χ0n) is 20.0. The molecule has 0 aliphatic heterocycles. The summed E-state index contributed by atoms with van der Waals surface area (Å²) < 4.78 is 17.0. The van der Waals surface area contributed by atoms with Crippen molar-refractivity contribution >= 4 is 28.0 Å². The molecule has 180 valence electrons. The van der Waals surface area contributed by atoms with Crippen LogP contribution >= 0.6 is 0 Å². The summed E-state index contributed by atoms with van der Waals surface area (Å²) in [6, 6.07) is 22.2. The van der Waals surface area contributed by atoms with Crippen LogP contribution in [0.15, 0.2) is 88.9 Å². The summed E-state index contributed by atoms with van der Waals surface area (Å²) in [7, 11) is 0. The van der Waals surface area contributed by atoms with Gasteiger partial charge in [-0.25, -0.2) is 9.37 Å². The predicted octanol–water partition coefficient (Wildman–Crippen LogP) is 6.47. The Morgan fingerprint density at radius 2 is 1.64 bits per heavy atom. The second-order valence-corrected chi connectivity index (χ2v) is 9.54. The van der Waals surface area contributed by atoms with Gasteiger partial charge in [-0.1, -0.05) is 61.7 Å². The Bertz CT molecular complexity index is 1630. The molecule has 2 aromatic heterocycles. The van der Waals surface area contributed by atoms with Gasteiger partial charge < -0.3 is 4.57 Å². The molecule has 1 aliphatic rings. The van der Waals surface area contributed by atoms with Crippen LogP contribution in [-0.2, 0) is 6.54 Å². The van der Waals surface area contributed by atoms with Gasteiger partial charge in [0.2, 0.25) is 0 Å². The highest BCUT2D eigenvalue weighted by Crippen LogP contribution is 2.32. The molecule has 36 heavy (non-hydrogen) atoms. The first-order chi connectivity index (χ1) is 17.7. The lowest BCUT2D eigenvalue weighted by Crippen LogP contribution is -2.25. The molecule has 0 unspecified atom stereocenters. The third kappa shape index (κ3) is 4.24. The van der Waals surface area contributed by atoms with Gasteiger partial charge in [0.1, 0.15) is 11.6 Å². The Morgan fingerprint density at radius 1 is 0.917 bits per heavy atom. The van der Waals surface area contributed by atoms with E-state index in [-0.39, 0.29) is 17.3 Å². The molecule has 0 atom stereocenters. The summed E-state index contributed by atoms with van der Waals surface area (Å²) >= 11 is 0. The Hall–Kier alpha value is -4.06.